The Morgan fingerprint density at radius 2 is 1.96 bits per heavy atom. The molecule has 1 aromatic carbocycles. The largest absolute Gasteiger partial charge is 0.299 e. The maximum absolute atomic E-state index is 5.94. The van der Waals surface area contributed by atoms with Gasteiger partial charge < -0.3 is 0 Å². The van der Waals surface area contributed by atoms with Crippen LogP contribution in [0.2, 0.25) is 5.02 Å². The molecule has 0 saturated carbocycles. The first kappa shape index (κ1) is 16.6. The number of nitrogens with zero attached hydrogens (tertiary/aromatic N) is 3. The number of rotatable bonds is 5. The quantitative estimate of drug-likeness (QED) is 0.533. The molecule has 2 heterocycles. The van der Waals surface area contributed by atoms with Crippen LogP contribution in [0.4, 0.5) is 0 Å². The van der Waals surface area contributed by atoms with Crippen molar-refractivity contribution in [3.05, 3.63) is 51.2 Å². The first-order chi connectivity index (χ1) is 11.0. The van der Waals surface area contributed by atoms with Crippen LogP contribution in [-0.2, 0) is 5.75 Å². The van der Waals surface area contributed by atoms with E-state index in [4.69, 9.17) is 11.6 Å². The standard InChI is InChI=1S/C17H18ClN3S2/c1-11(2)21-16(14-8-12(3)22-10-14)19-20-17(21)23-9-13-4-6-15(18)7-5-13/h4-8,10-11H,9H2,1-3H3. The number of aryl methyl sites for hydroxylation is 1. The maximum Gasteiger partial charge on any atom is 0.192 e. The molecular formula is C17H18ClN3S2. The topological polar surface area (TPSA) is 30.7 Å². The van der Waals surface area contributed by atoms with Crippen LogP contribution in [0.3, 0.4) is 0 Å². The third-order valence-corrected chi connectivity index (χ3v) is 5.58. The van der Waals surface area contributed by atoms with Gasteiger partial charge in [-0.1, -0.05) is 35.5 Å². The highest BCUT2D eigenvalue weighted by molar-refractivity contribution is 7.98. The smallest absolute Gasteiger partial charge is 0.192 e. The lowest BCUT2D eigenvalue weighted by molar-refractivity contribution is 0.555. The first-order valence-corrected chi connectivity index (χ1v) is 9.66. The zero-order valence-electron chi connectivity index (χ0n) is 13.3. The van der Waals surface area contributed by atoms with Crippen LogP contribution in [0, 0.1) is 6.92 Å². The van der Waals surface area contributed by atoms with Crippen molar-refractivity contribution < 1.29 is 0 Å². The molecule has 3 nitrogen and oxygen atoms in total. The second-order valence-electron chi connectivity index (χ2n) is 5.63. The molecule has 120 valence electrons. The Morgan fingerprint density at radius 1 is 1.22 bits per heavy atom. The second-order valence-corrected chi connectivity index (χ2v) is 8.13. The lowest BCUT2D eigenvalue weighted by Crippen LogP contribution is -2.04. The number of thiophene rings is 1. The monoisotopic (exact) mass is 363 g/mol. The molecular weight excluding hydrogens is 346 g/mol. The Bertz CT molecular complexity index is 791. The highest BCUT2D eigenvalue weighted by atomic mass is 35.5. The third-order valence-electron chi connectivity index (χ3n) is 3.45. The van der Waals surface area contributed by atoms with Crippen LogP contribution in [0.25, 0.3) is 11.4 Å². The van der Waals surface area contributed by atoms with E-state index in [1.54, 1.807) is 23.1 Å². The minimum Gasteiger partial charge on any atom is -0.299 e. The summed E-state index contributed by atoms with van der Waals surface area (Å²) < 4.78 is 2.21. The van der Waals surface area contributed by atoms with Crippen molar-refractivity contribution in [2.45, 2.75) is 37.7 Å². The molecule has 3 rings (SSSR count). The second kappa shape index (κ2) is 7.07. The van der Waals surface area contributed by atoms with Gasteiger partial charge in [-0.05, 0) is 44.5 Å². The van der Waals surface area contributed by atoms with E-state index in [1.165, 1.54) is 10.4 Å². The Balaban J connectivity index is 1.84. The molecule has 0 aliphatic rings. The van der Waals surface area contributed by atoms with Gasteiger partial charge in [0.1, 0.15) is 0 Å². The molecule has 23 heavy (non-hydrogen) atoms. The van der Waals surface area contributed by atoms with E-state index >= 15 is 0 Å². The fourth-order valence-electron chi connectivity index (χ4n) is 2.33. The summed E-state index contributed by atoms with van der Waals surface area (Å²) in [6.45, 7) is 6.44. The van der Waals surface area contributed by atoms with E-state index in [9.17, 15) is 0 Å². The number of aromatic nitrogens is 3. The minimum atomic E-state index is 0.313. The van der Waals surface area contributed by atoms with Gasteiger partial charge in [0.25, 0.3) is 0 Å². The zero-order valence-corrected chi connectivity index (χ0v) is 15.7. The van der Waals surface area contributed by atoms with E-state index in [1.807, 2.05) is 12.1 Å². The molecule has 0 atom stereocenters. The van der Waals surface area contributed by atoms with Gasteiger partial charge in [0.2, 0.25) is 0 Å². The number of hydrogen-bond acceptors (Lipinski definition) is 4. The third kappa shape index (κ3) is 3.79. The van der Waals surface area contributed by atoms with Gasteiger partial charge in [0, 0.05) is 32.6 Å². The predicted octanol–water partition coefficient (Wildman–Crippen LogP) is 5.84. The van der Waals surface area contributed by atoms with Crippen LogP contribution in [-0.4, -0.2) is 14.8 Å². The van der Waals surface area contributed by atoms with Gasteiger partial charge in [-0.2, -0.15) is 0 Å². The molecule has 0 amide bonds. The molecule has 0 aliphatic carbocycles. The summed E-state index contributed by atoms with van der Waals surface area (Å²) in [5.74, 6) is 1.80. The summed E-state index contributed by atoms with van der Waals surface area (Å²) >= 11 is 9.38. The molecule has 0 aliphatic heterocycles. The summed E-state index contributed by atoms with van der Waals surface area (Å²) in [4.78, 5) is 1.29. The van der Waals surface area contributed by atoms with Crippen LogP contribution < -0.4 is 0 Å². The van der Waals surface area contributed by atoms with E-state index in [0.717, 1.165) is 27.3 Å². The highest BCUT2D eigenvalue weighted by Gasteiger charge is 2.17. The molecule has 0 radical (unpaired) electrons. The summed E-state index contributed by atoms with van der Waals surface area (Å²) in [5.41, 5.74) is 2.37. The summed E-state index contributed by atoms with van der Waals surface area (Å²) in [5, 5.41) is 12.7. The number of benzene rings is 1. The lowest BCUT2D eigenvalue weighted by atomic mass is 10.2. The van der Waals surface area contributed by atoms with Gasteiger partial charge >= 0.3 is 0 Å². The van der Waals surface area contributed by atoms with E-state index in [-0.39, 0.29) is 0 Å². The van der Waals surface area contributed by atoms with E-state index in [2.05, 4.69) is 59.1 Å². The molecule has 3 aromatic rings. The first-order valence-electron chi connectivity index (χ1n) is 7.42. The van der Waals surface area contributed by atoms with Crippen molar-refractivity contribution in [2.75, 3.05) is 0 Å². The van der Waals surface area contributed by atoms with Gasteiger partial charge in [-0.15, -0.1) is 21.5 Å². The Hall–Kier alpha value is -1.30. The van der Waals surface area contributed by atoms with Crippen LogP contribution in [0.1, 0.15) is 30.3 Å². The number of halogens is 1. The molecule has 0 unspecified atom stereocenters. The molecule has 0 N–H and O–H groups in total. The molecule has 0 fully saturated rings. The van der Waals surface area contributed by atoms with E-state index < -0.39 is 0 Å². The maximum atomic E-state index is 5.94. The summed E-state index contributed by atoms with van der Waals surface area (Å²) in [6.07, 6.45) is 0. The molecule has 0 saturated heterocycles. The fourth-order valence-corrected chi connectivity index (χ4v) is 4.16. The predicted molar refractivity (Wildman–Crippen MR) is 99.5 cm³/mol. The molecule has 6 heteroatoms. The number of thioether (sulfide) groups is 1. The van der Waals surface area contributed by atoms with E-state index in [0.29, 0.717) is 6.04 Å². The minimum absolute atomic E-state index is 0.313. The Labute approximate surface area is 149 Å². The fraction of sp³-hybridized carbons (Fsp3) is 0.294. The molecule has 2 aromatic heterocycles. The van der Waals surface area contributed by atoms with Crippen LogP contribution >= 0.6 is 34.7 Å². The van der Waals surface area contributed by atoms with Crippen molar-refractivity contribution in [2.24, 2.45) is 0 Å². The van der Waals surface area contributed by atoms with Gasteiger partial charge in [0.05, 0.1) is 0 Å². The lowest BCUT2D eigenvalue weighted by Gasteiger charge is -2.13. The molecule has 0 spiro atoms. The summed E-state index contributed by atoms with van der Waals surface area (Å²) in [6, 6.07) is 10.4. The van der Waals surface area contributed by atoms with Crippen LogP contribution in [0.15, 0.2) is 40.9 Å². The van der Waals surface area contributed by atoms with Crippen molar-refractivity contribution in [1.82, 2.24) is 14.8 Å². The average Bonchev–Trinajstić information content (AvgIpc) is 3.12. The van der Waals surface area contributed by atoms with Gasteiger partial charge in [-0.3, -0.25) is 4.57 Å². The van der Waals surface area contributed by atoms with Gasteiger partial charge in [-0.25, -0.2) is 0 Å². The Kier molecular flexibility index (Phi) is 5.09. The van der Waals surface area contributed by atoms with Crippen molar-refractivity contribution in [3.8, 4) is 11.4 Å². The van der Waals surface area contributed by atoms with Gasteiger partial charge in [0.15, 0.2) is 11.0 Å². The zero-order chi connectivity index (χ0) is 16.4. The van der Waals surface area contributed by atoms with Crippen molar-refractivity contribution in [1.29, 1.82) is 0 Å². The highest BCUT2D eigenvalue weighted by Crippen LogP contribution is 2.31. The van der Waals surface area contributed by atoms with Crippen molar-refractivity contribution >= 4 is 34.7 Å². The Morgan fingerprint density at radius 3 is 2.57 bits per heavy atom. The van der Waals surface area contributed by atoms with Crippen LogP contribution in [0.5, 0.6) is 0 Å². The molecule has 0 bridgehead atoms. The average molecular weight is 364 g/mol. The SMILES string of the molecule is Cc1cc(-c2nnc(SCc3ccc(Cl)cc3)n2C(C)C)cs1. The number of hydrogen-bond donors (Lipinski definition) is 0. The normalized spacial score (nSPS) is 11.3. The summed E-state index contributed by atoms with van der Waals surface area (Å²) in [7, 11) is 0. The van der Waals surface area contributed by atoms with Crippen molar-refractivity contribution in [3.63, 3.8) is 0 Å².